The molecule has 0 spiro atoms. The number of hydrogen-bond donors (Lipinski definition) is 0. The van der Waals surface area contributed by atoms with Crippen molar-refractivity contribution in [3.8, 4) is 0 Å². The first-order valence-electron chi connectivity index (χ1n) is 6.78. The van der Waals surface area contributed by atoms with E-state index in [1.54, 1.807) is 0 Å². The van der Waals surface area contributed by atoms with E-state index in [4.69, 9.17) is 14.2 Å². The van der Waals surface area contributed by atoms with Gasteiger partial charge < -0.3 is 14.2 Å². The quantitative estimate of drug-likeness (QED) is 0.763. The minimum absolute atomic E-state index is 0.0729. The van der Waals surface area contributed by atoms with E-state index < -0.39 is 6.17 Å². The molecule has 17 heavy (non-hydrogen) atoms. The summed E-state index contributed by atoms with van der Waals surface area (Å²) in [6.07, 6.45) is 3.41. The van der Waals surface area contributed by atoms with Crippen LogP contribution in [0.3, 0.4) is 0 Å². The fourth-order valence-corrected chi connectivity index (χ4v) is 2.50. The molecule has 2 fully saturated rings. The van der Waals surface area contributed by atoms with Gasteiger partial charge in [-0.1, -0.05) is 6.92 Å². The molecule has 2 rings (SSSR count). The Kier molecular flexibility index (Phi) is 5.19. The van der Waals surface area contributed by atoms with Crippen LogP contribution in [0, 0.1) is 5.92 Å². The Morgan fingerprint density at radius 1 is 1.12 bits per heavy atom. The molecule has 1 aliphatic heterocycles. The van der Waals surface area contributed by atoms with Gasteiger partial charge in [-0.3, -0.25) is 0 Å². The number of rotatable bonds is 4. The summed E-state index contributed by atoms with van der Waals surface area (Å²) in [7, 11) is 0. The molecule has 3 nitrogen and oxygen atoms in total. The fraction of sp³-hybridized carbons (Fsp3) is 1.00. The Bertz CT molecular complexity index is 209. The molecule has 0 aromatic carbocycles. The molecule has 0 radical (unpaired) electrons. The highest BCUT2D eigenvalue weighted by atomic mass is 19.1. The van der Waals surface area contributed by atoms with Crippen molar-refractivity contribution in [1.82, 2.24) is 0 Å². The third-order valence-electron chi connectivity index (χ3n) is 3.54. The van der Waals surface area contributed by atoms with Crippen molar-refractivity contribution in [2.45, 2.75) is 57.6 Å². The highest BCUT2D eigenvalue weighted by molar-refractivity contribution is 4.76. The van der Waals surface area contributed by atoms with Crippen molar-refractivity contribution in [1.29, 1.82) is 0 Å². The van der Waals surface area contributed by atoms with E-state index in [9.17, 15) is 4.39 Å². The maximum Gasteiger partial charge on any atom is 0.160 e. The van der Waals surface area contributed by atoms with Gasteiger partial charge in [-0.25, -0.2) is 4.39 Å². The first-order chi connectivity index (χ1) is 8.29. The Morgan fingerprint density at radius 3 is 2.35 bits per heavy atom. The highest BCUT2D eigenvalue weighted by Crippen LogP contribution is 2.31. The predicted octanol–water partition coefficient (Wildman–Crippen LogP) is 2.68. The zero-order chi connectivity index (χ0) is 12.1. The molecule has 0 N–H and O–H groups in total. The standard InChI is InChI=1S/C13H23FO3/c1-2-7-15-12-8-16-13(17-9-12)10-3-5-11(14)6-4-10/h10-13H,2-9H2,1H3/t10-,11-,12-,13-. The van der Waals surface area contributed by atoms with Crippen LogP contribution in [0.5, 0.6) is 0 Å². The second-order valence-corrected chi connectivity index (χ2v) is 5.04. The van der Waals surface area contributed by atoms with Crippen molar-refractivity contribution in [2.24, 2.45) is 5.92 Å². The lowest BCUT2D eigenvalue weighted by atomic mass is 9.87. The zero-order valence-electron chi connectivity index (χ0n) is 10.6. The first kappa shape index (κ1) is 13.2. The summed E-state index contributed by atoms with van der Waals surface area (Å²) in [6.45, 7) is 4.07. The number of alkyl halides is 1. The summed E-state index contributed by atoms with van der Waals surface area (Å²) < 4.78 is 30.0. The lowest BCUT2D eigenvalue weighted by molar-refractivity contribution is -0.249. The van der Waals surface area contributed by atoms with Gasteiger partial charge in [0.15, 0.2) is 6.29 Å². The van der Waals surface area contributed by atoms with Crippen LogP contribution in [0.25, 0.3) is 0 Å². The molecule has 1 heterocycles. The molecule has 0 aromatic heterocycles. The van der Waals surface area contributed by atoms with Crippen LogP contribution in [0.1, 0.15) is 39.0 Å². The molecule has 0 atom stereocenters. The third kappa shape index (κ3) is 3.90. The summed E-state index contributed by atoms with van der Waals surface area (Å²) in [6, 6.07) is 0. The van der Waals surface area contributed by atoms with Crippen LogP contribution in [0.2, 0.25) is 0 Å². The number of ether oxygens (including phenoxy) is 3. The first-order valence-corrected chi connectivity index (χ1v) is 6.78. The minimum Gasteiger partial charge on any atom is -0.373 e. The Hall–Kier alpha value is -0.190. The number of hydrogen-bond acceptors (Lipinski definition) is 3. The van der Waals surface area contributed by atoms with Gasteiger partial charge in [0.25, 0.3) is 0 Å². The Labute approximate surface area is 103 Å². The van der Waals surface area contributed by atoms with E-state index in [-0.39, 0.29) is 12.4 Å². The van der Waals surface area contributed by atoms with Crippen molar-refractivity contribution in [2.75, 3.05) is 19.8 Å². The molecule has 0 aromatic rings. The van der Waals surface area contributed by atoms with Gasteiger partial charge in [-0.15, -0.1) is 0 Å². The second kappa shape index (κ2) is 6.66. The van der Waals surface area contributed by atoms with Crippen molar-refractivity contribution in [3.63, 3.8) is 0 Å². The van der Waals surface area contributed by atoms with Crippen molar-refractivity contribution in [3.05, 3.63) is 0 Å². The van der Waals surface area contributed by atoms with E-state index in [1.165, 1.54) is 0 Å². The van der Waals surface area contributed by atoms with E-state index in [0.29, 0.717) is 32.0 Å². The maximum atomic E-state index is 13.0. The SMILES string of the molecule is CCCO[C@H]1CO[C@H]([C@H]2CC[C@H](F)CC2)OC1. The normalized spacial score (nSPS) is 39.2. The van der Waals surface area contributed by atoms with E-state index >= 15 is 0 Å². The summed E-state index contributed by atoms with van der Waals surface area (Å²) in [5, 5.41) is 0. The molecular weight excluding hydrogens is 223 g/mol. The summed E-state index contributed by atoms with van der Waals surface area (Å²) >= 11 is 0. The molecule has 2 aliphatic rings. The molecule has 0 unspecified atom stereocenters. The monoisotopic (exact) mass is 246 g/mol. The van der Waals surface area contributed by atoms with Crippen molar-refractivity contribution >= 4 is 0 Å². The van der Waals surface area contributed by atoms with Crippen LogP contribution in [-0.4, -0.2) is 38.4 Å². The Balaban J connectivity index is 1.68. The van der Waals surface area contributed by atoms with Crippen LogP contribution in [0.15, 0.2) is 0 Å². The largest absolute Gasteiger partial charge is 0.373 e. The van der Waals surface area contributed by atoms with Gasteiger partial charge >= 0.3 is 0 Å². The smallest absolute Gasteiger partial charge is 0.160 e. The fourth-order valence-electron chi connectivity index (χ4n) is 2.50. The second-order valence-electron chi connectivity index (χ2n) is 5.04. The van der Waals surface area contributed by atoms with Gasteiger partial charge in [0.2, 0.25) is 0 Å². The van der Waals surface area contributed by atoms with Gasteiger partial charge in [-0.05, 0) is 32.1 Å². The topological polar surface area (TPSA) is 27.7 Å². The molecule has 100 valence electrons. The van der Waals surface area contributed by atoms with Crippen LogP contribution >= 0.6 is 0 Å². The lowest BCUT2D eigenvalue weighted by Crippen LogP contribution is -2.42. The van der Waals surface area contributed by atoms with E-state index in [0.717, 1.165) is 25.9 Å². The Morgan fingerprint density at radius 2 is 1.76 bits per heavy atom. The predicted molar refractivity (Wildman–Crippen MR) is 62.6 cm³/mol. The van der Waals surface area contributed by atoms with Gasteiger partial charge in [0, 0.05) is 12.5 Å². The highest BCUT2D eigenvalue weighted by Gasteiger charge is 2.32. The van der Waals surface area contributed by atoms with Crippen LogP contribution in [-0.2, 0) is 14.2 Å². The molecule has 0 bridgehead atoms. The molecule has 1 aliphatic carbocycles. The molecule has 1 saturated heterocycles. The molecule has 1 saturated carbocycles. The van der Waals surface area contributed by atoms with Crippen LogP contribution in [0.4, 0.5) is 4.39 Å². The number of halogens is 1. The average Bonchev–Trinajstić information content (AvgIpc) is 2.38. The summed E-state index contributed by atoms with van der Waals surface area (Å²) in [5.74, 6) is 0.370. The minimum atomic E-state index is -0.615. The van der Waals surface area contributed by atoms with E-state index in [2.05, 4.69) is 6.92 Å². The van der Waals surface area contributed by atoms with Gasteiger partial charge in [0.05, 0.1) is 13.2 Å². The van der Waals surface area contributed by atoms with Crippen LogP contribution < -0.4 is 0 Å². The third-order valence-corrected chi connectivity index (χ3v) is 3.54. The van der Waals surface area contributed by atoms with Gasteiger partial charge in [-0.2, -0.15) is 0 Å². The molecule has 0 amide bonds. The molecular formula is C13H23FO3. The van der Waals surface area contributed by atoms with E-state index in [1.807, 2.05) is 0 Å². The maximum absolute atomic E-state index is 13.0. The van der Waals surface area contributed by atoms with Crippen molar-refractivity contribution < 1.29 is 18.6 Å². The van der Waals surface area contributed by atoms with Gasteiger partial charge in [0.1, 0.15) is 12.3 Å². The molecule has 4 heteroatoms. The lowest BCUT2D eigenvalue weighted by Gasteiger charge is -2.36. The summed E-state index contributed by atoms with van der Waals surface area (Å²) in [4.78, 5) is 0. The summed E-state index contributed by atoms with van der Waals surface area (Å²) in [5.41, 5.74) is 0. The average molecular weight is 246 g/mol. The zero-order valence-corrected chi connectivity index (χ0v) is 10.6.